The Balaban J connectivity index is 1.81. The molecule has 1 saturated heterocycles. The molecule has 0 saturated carbocycles. The standard InChI is InChI=1S/C20H27N3O4S/c1-3-11-21(16-10-14-28(26,27)15-16)19(24)9-13-23-18-8-6-5-7-17(18)22(12-4-2)20(23)25/h3,5-8,16H,1,4,9-15H2,2H3. The summed E-state index contributed by atoms with van der Waals surface area (Å²) in [6.07, 6.45) is 3.06. The van der Waals surface area contributed by atoms with Gasteiger partial charge in [-0.05, 0) is 25.0 Å². The van der Waals surface area contributed by atoms with Crippen molar-refractivity contribution in [3.8, 4) is 0 Å². The maximum absolute atomic E-state index is 12.8. The molecule has 1 aromatic heterocycles. The monoisotopic (exact) mass is 405 g/mol. The second kappa shape index (κ2) is 8.34. The molecule has 1 unspecified atom stereocenters. The molecule has 152 valence electrons. The van der Waals surface area contributed by atoms with Crippen LogP contribution in [-0.2, 0) is 27.7 Å². The van der Waals surface area contributed by atoms with Crippen LogP contribution >= 0.6 is 0 Å². The number of hydrogen-bond acceptors (Lipinski definition) is 4. The van der Waals surface area contributed by atoms with E-state index in [1.54, 1.807) is 20.1 Å². The minimum absolute atomic E-state index is 0.00232. The number of sulfone groups is 1. The highest BCUT2D eigenvalue weighted by Crippen LogP contribution is 2.19. The maximum atomic E-state index is 12.8. The fourth-order valence-electron chi connectivity index (χ4n) is 3.89. The number of nitrogens with zero attached hydrogens (tertiary/aromatic N) is 3. The summed E-state index contributed by atoms with van der Waals surface area (Å²) >= 11 is 0. The summed E-state index contributed by atoms with van der Waals surface area (Å²) in [6, 6.07) is 7.27. The van der Waals surface area contributed by atoms with Gasteiger partial charge in [0.15, 0.2) is 9.84 Å². The molecule has 1 atom stereocenters. The fraction of sp³-hybridized carbons (Fsp3) is 0.500. The van der Waals surface area contributed by atoms with Gasteiger partial charge in [-0.3, -0.25) is 13.9 Å². The number of aryl methyl sites for hydroxylation is 2. The molecular formula is C20H27N3O4S. The van der Waals surface area contributed by atoms with Crippen molar-refractivity contribution in [1.29, 1.82) is 0 Å². The van der Waals surface area contributed by atoms with Crippen molar-refractivity contribution in [1.82, 2.24) is 14.0 Å². The summed E-state index contributed by atoms with van der Waals surface area (Å²) in [7, 11) is -3.08. The zero-order valence-electron chi connectivity index (χ0n) is 16.2. The van der Waals surface area contributed by atoms with Crippen LogP contribution in [0.15, 0.2) is 41.7 Å². The third kappa shape index (κ3) is 4.06. The van der Waals surface area contributed by atoms with Crippen molar-refractivity contribution >= 4 is 26.8 Å². The molecule has 0 radical (unpaired) electrons. The Morgan fingerprint density at radius 1 is 1.25 bits per heavy atom. The molecule has 1 aliphatic heterocycles. The van der Waals surface area contributed by atoms with E-state index in [4.69, 9.17) is 0 Å². The van der Waals surface area contributed by atoms with Crippen LogP contribution in [-0.4, -0.2) is 52.5 Å². The first-order valence-corrected chi connectivity index (χ1v) is 11.5. The molecule has 2 heterocycles. The Morgan fingerprint density at radius 2 is 1.89 bits per heavy atom. The van der Waals surface area contributed by atoms with Crippen LogP contribution in [0.2, 0.25) is 0 Å². The third-order valence-electron chi connectivity index (χ3n) is 5.22. The zero-order valence-corrected chi connectivity index (χ0v) is 17.0. The quantitative estimate of drug-likeness (QED) is 0.627. The predicted molar refractivity (Wildman–Crippen MR) is 110 cm³/mol. The molecule has 0 bridgehead atoms. The molecule has 1 amide bonds. The van der Waals surface area contributed by atoms with Gasteiger partial charge in [-0.2, -0.15) is 0 Å². The molecule has 1 fully saturated rings. The van der Waals surface area contributed by atoms with E-state index in [0.717, 1.165) is 17.5 Å². The summed E-state index contributed by atoms with van der Waals surface area (Å²) in [5, 5.41) is 0. The smallest absolute Gasteiger partial charge is 0.329 e. The van der Waals surface area contributed by atoms with Crippen LogP contribution in [0.1, 0.15) is 26.2 Å². The van der Waals surface area contributed by atoms with E-state index in [-0.39, 0.29) is 42.1 Å². The number of amides is 1. The molecule has 3 rings (SSSR count). The van der Waals surface area contributed by atoms with Gasteiger partial charge in [-0.25, -0.2) is 13.2 Å². The van der Waals surface area contributed by atoms with Crippen LogP contribution in [0.5, 0.6) is 0 Å². The highest BCUT2D eigenvalue weighted by Gasteiger charge is 2.34. The van der Waals surface area contributed by atoms with E-state index in [1.807, 2.05) is 31.2 Å². The Hall–Kier alpha value is -2.35. The number of rotatable bonds is 8. The molecule has 28 heavy (non-hydrogen) atoms. The van der Waals surface area contributed by atoms with Gasteiger partial charge in [0.2, 0.25) is 5.91 Å². The van der Waals surface area contributed by atoms with Crippen molar-refractivity contribution in [3.63, 3.8) is 0 Å². The molecule has 0 N–H and O–H groups in total. The Morgan fingerprint density at radius 3 is 2.43 bits per heavy atom. The van der Waals surface area contributed by atoms with Crippen LogP contribution in [0.25, 0.3) is 11.0 Å². The topological polar surface area (TPSA) is 81.4 Å². The SMILES string of the molecule is C=CCN(C(=O)CCn1c(=O)n(CCC)c2ccccc21)C1CCS(=O)(=O)C1. The lowest BCUT2D eigenvalue weighted by atomic mass is 10.2. The molecule has 0 spiro atoms. The highest BCUT2D eigenvalue weighted by molar-refractivity contribution is 7.91. The lowest BCUT2D eigenvalue weighted by Crippen LogP contribution is -2.41. The van der Waals surface area contributed by atoms with Crippen molar-refractivity contribution in [2.24, 2.45) is 0 Å². The Bertz CT molecular complexity index is 1040. The lowest BCUT2D eigenvalue weighted by Gasteiger charge is -2.27. The van der Waals surface area contributed by atoms with Crippen LogP contribution in [0.3, 0.4) is 0 Å². The number of carbonyl (C=O) groups is 1. The average molecular weight is 406 g/mol. The molecule has 0 aliphatic carbocycles. The van der Waals surface area contributed by atoms with Gasteiger partial charge in [0, 0.05) is 32.1 Å². The summed E-state index contributed by atoms with van der Waals surface area (Å²) in [6.45, 7) is 6.91. The van der Waals surface area contributed by atoms with Crippen molar-refractivity contribution in [2.45, 2.75) is 45.3 Å². The maximum Gasteiger partial charge on any atom is 0.329 e. The van der Waals surface area contributed by atoms with Crippen molar-refractivity contribution in [2.75, 3.05) is 18.1 Å². The van der Waals surface area contributed by atoms with E-state index in [1.165, 1.54) is 0 Å². The molecule has 2 aromatic rings. The Kier molecular flexibility index (Phi) is 6.07. The third-order valence-corrected chi connectivity index (χ3v) is 6.97. The molecule has 1 aliphatic rings. The summed E-state index contributed by atoms with van der Waals surface area (Å²) in [5.41, 5.74) is 1.56. The van der Waals surface area contributed by atoms with E-state index < -0.39 is 9.84 Å². The number of aromatic nitrogens is 2. The minimum Gasteiger partial charge on any atom is -0.335 e. The second-order valence-electron chi connectivity index (χ2n) is 7.22. The molecule has 7 nitrogen and oxygen atoms in total. The molecule has 1 aromatic carbocycles. The van der Waals surface area contributed by atoms with Crippen molar-refractivity contribution < 1.29 is 13.2 Å². The van der Waals surface area contributed by atoms with Crippen LogP contribution < -0.4 is 5.69 Å². The molecule has 8 heteroatoms. The number of carbonyl (C=O) groups excluding carboxylic acids is 1. The first kappa shape index (κ1) is 20.4. The summed E-state index contributed by atoms with van der Waals surface area (Å²) in [5.74, 6) is -0.0357. The number of fused-ring (bicyclic) bond motifs is 1. The largest absolute Gasteiger partial charge is 0.335 e. The highest BCUT2D eigenvalue weighted by atomic mass is 32.2. The van der Waals surface area contributed by atoms with E-state index in [0.29, 0.717) is 19.5 Å². The van der Waals surface area contributed by atoms with Gasteiger partial charge in [-0.1, -0.05) is 25.1 Å². The van der Waals surface area contributed by atoms with Gasteiger partial charge in [0.05, 0.1) is 22.5 Å². The first-order chi connectivity index (χ1) is 13.4. The fourth-order valence-corrected chi connectivity index (χ4v) is 5.62. The van der Waals surface area contributed by atoms with E-state index in [2.05, 4.69) is 6.58 Å². The second-order valence-corrected chi connectivity index (χ2v) is 9.44. The summed E-state index contributed by atoms with van der Waals surface area (Å²) < 4.78 is 27.0. The van der Waals surface area contributed by atoms with Gasteiger partial charge in [0.25, 0.3) is 0 Å². The van der Waals surface area contributed by atoms with E-state index >= 15 is 0 Å². The predicted octanol–water partition coefficient (Wildman–Crippen LogP) is 1.80. The van der Waals surface area contributed by atoms with Gasteiger partial charge < -0.3 is 4.90 Å². The lowest BCUT2D eigenvalue weighted by molar-refractivity contribution is -0.132. The minimum atomic E-state index is -3.08. The average Bonchev–Trinajstić information content (AvgIpc) is 3.15. The van der Waals surface area contributed by atoms with E-state index in [9.17, 15) is 18.0 Å². The summed E-state index contributed by atoms with van der Waals surface area (Å²) in [4.78, 5) is 27.3. The first-order valence-electron chi connectivity index (χ1n) is 9.66. The van der Waals surface area contributed by atoms with Crippen LogP contribution in [0.4, 0.5) is 0 Å². The number of para-hydroxylation sites is 2. The normalized spacial score (nSPS) is 18.4. The van der Waals surface area contributed by atoms with Crippen LogP contribution in [0, 0.1) is 0 Å². The van der Waals surface area contributed by atoms with Gasteiger partial charge >= 0.3 is 5.69 Å². The Labute approximate surface area is 165 Å². The van der Waals surface area contributed by atoms with Gasteiger partial charge in [0.1, 0.15) is 0 Å². The molecular weight excluding hydrogens is 378 g/mol. The zero-order chi connectivity index (χ0) is 20.3. The number of hydrogen-bond donors (Lipinski definition) is 0. The number of benzene rings is 1. The number of imidazole rings is 1. The van der Waals surface area contributed by atoms with Gasteiger partial charge in [-0.15, -0.1) is 6.58 Å². The van der Waals surface area contributed by atoms with Crippen molar-refractivity contribution in [3.05, 3.63) is 47.4 Å².